The topological polar surface area (TPSA) is 72.5 Å². The molecule has 0 saturated carbocycles. The van der Waals surface area contributed by atoms with Crippen molar-refractivity contribution in [2.24, 2.45) is 0 Å². The van der Waals surface area contributed by atoms with Crippen LogP contribution < -0.4 is 10.1 Å². The van der Waals surface area contributed by atoms with Gasteiger partial charge in [0.25, 0.3) is 9.05 Å². The first kappa shape index (κ1) is 14.8. The highest BCUT2D eigenvalue weighted by Crippen LogP contribution is 2.29. The van der Waals surface area contributed by atoms with E-state index in [9.17, 15) is 13.2 Å². The van der Waals surface area contributed by atoms with E-state index in [2.05, 4.69) is 5.32 Å². The lowest BCUT2D eigenvalue weighted by Crippen LogP contribution is -2.09. The van der Waals surface area contributed by atoms with Gasteiger partial charge in [-0.25, -0.2) is 8.42 Å². The maximum atomic E-state index is 11.2. The largest absolute Gasteiger partial charge is 0.491 e. The molecule has 0 unspecified atom stereocenters. The minimum atomic E-state index is -3.83. The van der Waals surface area contributed by atoms with E-state index in [0.717, 1.165) is 6.42 Å². The van der Waals surface area contributed by atoms with E-state index in [4.69, 9.17) is 15.4 Å². The molecule has 5 nitrogen and oxygen atoms in total. The van der Waals surface area contributed by atoms with E-state index in [-0.39, 0.29) is 16.5 Å². The summed E-state index contributed by atoms with van der Waals surface area (Å²) in [4.78, 5) is 11.0. The van der Waals surface area contributed by atoms with Gasteiger partial charge in [-0.15, -0.1) is 0 Å². The van der Waals surface area contributed by atoms with E-state index < -0.39 is 9.05 Å². The van der Waals surface area contributed by atoms with Gasteiger partial charge in [0.05, 0.1) is 17.2 Å². The Morgan fingerprint density at radius 3 is 2.61 bits per heavy atom. The highest BCUT2D eigenvalue weighted by atomic mass is 35.7. The number of hydrogen-bond acceptors (Lipinski definition) is 4. The van der Waals surface area contributed by atoms with Gasteiger partial charge in [-0.05, 0) is 24.6 Å². The lowest BCUT2D eigenvalue weighted by Gasteiger charge is -2.12. The Kier molecular flexibility index (Phi) is 4.98. The Labute approximate surface area is 111 Å². The molecular weight excluding hydrogens is 278 g/mol. The van der Waals surface area contributed by atoms with Gasteiger partial charge in [0.2, 0.25) is 5.91 Å². The van der Waals surface area contributed by atoms with E-state index >= 15 is 0 Å². The van der Waals surface area contributed by atoms with Gasteiger partial charge in [0.15, 0.2) is 0 Å². The van der Waals surface area contributed by atoms with Crippen molar-refractivity contribution < 1.29 is 17.9 Å². The predicted octanol–water partition coefficient (Wildman–Crippen LogP) is 2.36. The Hall–Kier alpha value is -1.27. The molecule has 0 heterocycles. The van der Waals surface area contributed by atoms with Crippen LogP contribution in [0.1, 0.15) is 20.3 Å². The summed E-state index contributed by atoms with van der Waals surface area (Å²) in [5.41, 5.74) is 0.290. The molecule has 0 aliphatic carbocycles. The lowest BCUT2D eigenvalue weighted by molar-refractivity contribution is -0.114. The van der Waals surface area contributed by atoms with Crippen LogP contribution in [-0.4, -0.2) is 20.9 Å². The predicted molar refractivity (Wildman–Crippen MR) is 69.6 cm³/mol. The number of anilines is 1. The molecule has 0 spiro atoms. The van der Waals surface area contributed by atoms with E-state index in [1.54, 1.807) is 0 Å². The summed E-state index contributed by atoms with van der Waals surface area (Å²) < 4.78 is 27.8. The van der Waals surface area contributed by atoms with Crippen molar-refractivity contribution in [1.82, 2.24) is 0 Å². The van der Waals surface area contributed by atoms with Crippen molar-refractivity contribution in [3.8, 4) is 5.75 Å². The summed E-state index contributed by atoms with van der Waals surface area (Å²) >= 11 is 0. The molecule has 1 aromatic rings. The number of ether oxygens (including phenoxy) is 1. The lowest BCUT2D eigenvalue weighted by atomic mass is 10.3. The second-order valence-electron chi connectivity index (χ2n) is 3.63. The summed E-state index contributed by atoms with van der Waals surface area (Å²) in [5.74, 6) is 0.0941. The minimum absolute atomic E-state index is 0.0863. The van der Waals surface area contributed by atoms with Gasteiger partial charge >= 0.3 is 0 Å². The second-order valence-corrected chi connectivity index (χ2v) is 6.19. The quantitative estimate of drug-likeness (QED) is 0.845. The molecule has 1 N–H and O–H groups in total. The number of halogens is 1. The van der Waals surface area contributed by atoms with E-state index in [1.807, 2.05) is 6.92 Å². The molecule has 0 aliphatic heterocycles. The highest BCUT2D eigenvalue weighted by Gasteiger charge is 2.14. The first-order chi connectivity index (χ1) is 8.34. The molecule has 1 aromatic carbocycles. The first-order valence-electron chi connectivity index (χ1n) is 5.33. The number of carbonyl (C=O) groups is 1. The monoisotopic (exact) mass is 291 g/mol. The van der Waals surface area contributed by atoms with Crippen LogP contribution in [0.3, 0.4) is 0 Å². The summed E-state index contributed by atoms with van der Waals surface area (Å²) in [6, 6.07) is 4.07. The summed E-state index contributed by atoms with van der Waals surface area (Å²) in [7, 11) is 1.41. The van der Waals surface area contributed by atoms with Gasteiger partial charge in [0, 0.05) is 17.6 Å². The number of carbonyl (C=O) groups excluding carboxylic acids is 1. The highest BCUT2D eigenvalue weighted by molar-refractivity contribution is 8.13. The Morgan fingerprint density at radius 2 is 2.11 bits per heavy atom. The molecular formula is C11H14ClNO4S. The average molecular weight is 292 g/mol. The molecule has 0 atom stereocenters. The molecule has 18 heavy (non-hydrogen) atoms. The van der Waals surface area contributed by atoms with Gasteiger partial charge in [-0.1, -0.05) is 6.92 Å². The molecule has 0 saturated heterocycles. The number of rotatable bonds is 5. The molecule has 1 amide bonds. The molecule has 100 valence electrons. The van der Waals surface area contributed by atoms with Gasteiger partial charge in [-0.3, -0.25) is 4.79 Å². The third kappa shape index (κ3) is 4.19. The molecule has 0 bridgehead atoms. The van der Waals surface area contributed by atoms with Crippen LogP contribution in [0.25, 0.3) is 0 Å². The third-order valence-corrected chi connectivity index (χ3v) is 3.36. The van der Waals surface area contributed by atoms with Crippen LogP contribution in [0.15, 0.2) is 23.1 Å². The third-order valence-electron chi connectivity index (χ3n) is 2.00. The van der Waals surface area contributed by atoms with Crippen LogP contribution in [0.5, 0.6) is 5.75 Å². The molecule has 0 aromatic heterocycles. The van der Waals surface area contributed by atoms with Gasteiger partial charge in [-0.2, -0.15) is 0 Å². The fourth-order valence-corrected chi connectivity index (χ4v) is 2.06. The molecule has 1 rings (SSSR count). The second kappa shape index (κ2) is 6.06. The van der Waals surface area contributed by atoms with Gasteiger partial charge < -0.3 is 10.1 Å². The zero-order valence-electron chi connectivity index (χ0n) is 10.1. The normalized spacial score (nSPS) is 11.1. The maximum absolute atomic E-state index is 11.2. The van der Waals surface area contributed by atoms with Crippen molar-refractivity contribution in [1.29, 1.82) is 0 Å². The Morgan fingerprint density at radius 1 is 1.44 bits per heavy atom. The van der Waals surface area contributed by atoms with Crippen LogP contribution in [-0.2, 0) is 13.8 Å². The van der Waals surface area contributed by atoms with Crippen LogP contribution >= 0.6 is 10.7 Å². The maximum Gasteiger partial charge on any atom is 0.261 e. The average Bonchev–Trinajstić information content (AvgIpc) is 2.25. The standard InChI is InChI=1S/C11H14ClNO4S/c1-3-6-17-11-5-4-9(18(12,15)16)7-10(11)13-8(2)14/h4-5,7H,3,6H2,1-2H3,(H,13,14). The SMILES string of the molecule is CCCOc1ccc(S(=O)(=O)Cl)cc1NC(C)=O. The molecule has 7 heteroatoms. The van der Waals surface area contributed by atoms with Crippen LogP contribution in [0, 0.1) is 0 Å². The van der Waals surface area contributed by atoms with Crippen LogP contribution in [0.4, 0.5) is 5.69 Å². The van der Waals surface area contributed by atoms with Crippen molar-refractivity contribution in [2.45, 2.75) is 25.2 Å². The van der Waals surface area contributed by atoms with Crippen molar-refractivity contribution >= 4 is 31.3 Å². The number of benzene rings is 1. The fraction of sp³-hybridized carbons (Fsp3) is 0.364. The Bertz CT molecular complexity index is 542. The first-order valence-corrected chi connectivity index (χ1v) is 7.64. The fourth-order valence-electron chi connectivity index (χ4n) is 1.29. The number of amides is 1. The summed E-state index contributed by atoms with van der Waals surface area (Å²) in [6.07, 6.45) is 0.801. The van der Waals surface area contributed by atoms with Crippen molar-refractivity contribution in [2.75, 3.05) is 11.9 Å². The summed E-state index contributed by atoms with van der Waals surface area (Å²) in [5, 5.41) is 2.51. The van der Waals surface area contributed by atoms with Crippen LogP contribution in [0.2, 0.25) is 0 Å². The van der Waals surface area contributed by atoms with E-state index in [1.165, 1.54) is 25.1 Å². The molecule has 0 radical (unpaired) electrons. The van der Waals surface area contributed by atoms with Gasteiger partial charge in [0.1, 0.15) is 5.75 Å². The Balaban J connectivity index is 3.15. The minimum Gasteiger partial charge on any atom is -0.491 e. The van der Waals surface area contributed by atoms with Crippen molar-refractivity contribution in [3.05, 3.63) is 18.2 Å². The summed E-state index contributed by atoms with van der Waals surface area (Å²) in [6.45, 7) is 3.74. The van der Waals surface area contributed by atoms with E-state index in [0.29, 0.717) is 12.4 Å². The zero-order valence-corrected chi connectivity index (χ0v) is 11.6. The molecule has 0 aliphatic rings. The smallest absolute Gasteiger partial charge is 0.261 e. The zero-order chi connectivity index (χ0) is 13.8. The molecule has 0 fully saturated rings. The number of hydrogen-bond donors (Lipinski definition) is 1. The van der Waals surface area contributed by atoms with Crippen molar-refractivity contribution in [3.63, 3.8) is 0 Å². The number of nitrogens with one attached hydrogen (secondary N) is 1.